The zero-order chi connectivity index (χ0) is 14.9. The molecule has 0 radical (unpaired) electrons. The number of halogens is 2. The first-order chi connectivity index (χ1) is 9.36. The topological polar surface area (TPSA) is 80.9 Å². The van der Waals surface area contributed by atoms with E-state index in [1.807, 2.05) is 19.9 Å². The van der Waals surface area contributed by atoms with Gasteiger partial charge in [0.25, 0.3) is 5.91 Å². The Morgan fingerprint density at radius 3 is 2.30 bits per heavy atom. The number of nitrogens with zero attached hydrogens (tertiary/aromatic N) is 2. The summed E-state index contributed by atoms with van der Waals surface area (Å²) in [7, 11) is 0. The standard InChI is InChI=1S/C13H12Cl2N4O/c1-6-3-7(2)18-13(17-6)19-12(20)8-4-9(14)11(15)10(16)5-8/h3-5H,16H2,1-2H3,(H,17,18,19,20). The van der Waals surface area contributed by atoms with Crippen molar-refractivity contribution >= 4 is 40.7 Å². The molecule has 0 fully saturated rings. The molecule has 0 spiro atoms. The Labute approximate surface area is 126 Å². The summed E-state index contributed by atoms with van der Waals surface area (Å²) in [5.41, 5.74) is 7.74. The molecule has 0 atom stereocenters. The smallest absolute Gasteiger partial charge is 0.258 e. The Morgan fingerprint density at radius 2 is 1.75 bits per heavy atom. The summed E-state index contributed by atoms with van der Waals surface area (Å²) < 4.78 is 0. The average Bonchev–Trinajstić information content (AvgIpc) is 2.33. The third-order valence-corrected chi connectivity index (χ3v) is 3.34. The van der Waals surface area contributed by atoms with Crippen LogP contribution in [0.2, 0.25) is 10.0 Å². The van der Waals surface area contributed by atoms with Crippen LogP contribution in [0.4, 0.5) is 11.6 Å². The molecule has 0 saturated carbocycles. The fourth-order valence-electron chi connectivity index (χ4n) is 1.70. The highest BCUT2D eigenvalue weighted by molar-refractivity contribution is 6.43. The van der Waals surface area contributed by atoms with E-state index >= 15 is 0 Å². The molecule has 2 rings (SSSR count). The van der Waals surface area contributed by atoms with Crippen molar-refractivity contribution in [3.05, 3.63) is 45.2 Å². The number of anilines is 2. The number of carbonyl (C=O) groups is 1. The Kier molecular flexibility index (Phi) is 4.11. The van der Waals surface area contributed by atoms with E-state index in [0.29, 0.717) is 5.56 Å². The third kappa shape index (κ3) is 3.18. The number of carbonyl (C=O) groups excluding carboxylic acids is 1. The molecule has 1 heterocycles. The summed E-state index contributed by atoms with van der Waals surface area (Å²) in [6, 6.07) is 4.71. The molecular weight excluding hydrogens is 299 g/mol. The normalized spacial score (nSPS) is 10.4. The van der Waals surface area contributed by atoms with Gasteiger partial charge in [0.15, 0.2) is 0 Å². The van der Waals surface area contributed by atoms with E-state index in [1.54, 1.807) is 0 Å². The summed E-state index contributed by atoms with van der Waals surface area (Å²) in [5, 5.41) is 3.04. The van der Waals surface area contributed by atoms with Gasteiger partial charge in [0.2, 0.25) is 5.95 Å². The molecule has 0 bridgehead atoms. The zero-order valence-corrected chi connectivity index (χ0v) is 12.4. The second kappa shape index (κ2) is 5.64. The highest BCUT2D eigenvalue weighted by Gasteiger charge is 2.13. The highest BCUT2D eigenvalue weighted by Crippen LogP contribution is 2.29. The van der Waals surface area contributed by atoms with Crippen molar-refractivity contribution in [1.29, 1.82) is 0 Å². The summed E-state index contributed by atoms with van der Waals surface area (Å²) >= 11 is 11.7. The Bertz CT molecular complexity index is 645. The van der Waals surface area contributed by atoms with E-state index in [4.69, 9.17) is 28.9 Å². The van der Waals surface area contributed by atoms with Crippen molar-refractivity contribution in [3.8, 4) is 0 Å². The lowest BCUT2D eigenvalue weighted by Gasteiger charge is -2.08. The average molecular weight is 311 g/mol. The van der Waals surface area contributed by atoms with E-state index in [1.165, 1.54) is 12.1 Å². The van der Waals surface area contributed by atoms with E-state index in [0.717, 1.165) is 11.4 Å². The minimum absolute atomic E-state index is 0.221. The molecule has 0 aliphatic heterocycles. The van der Waals surface area contributed by atoms with Crippen molar-refractivity contribution in [2.45, 2.75) is 13.8 Å². The second-order valence-corrected chi connectivity index (χ2v) is 5.07. The van der Waals surface area contributed by atoms with Gasteiger partial charge in [-0.25, -0.2) is 9.97 Å². The predicted molar refractivity (Wildman–Crippen MR) is 80.3 cm³/mol. The highest BCUT2D eigenvalue weighted by atomic mass is 35.5. The largest absolute Gasteiger partial charge is 0.397 e. The lowest BCUT2D eigenvalue weighted by Crippen LogP contribution is -2.15. The van der Waals surface area contributed by atoms with Gasteiger partial charge < -0.3 is 5.73 Å². The number of hydrogen-bond acceptors (Lipinski definition) is 4. The molecule has 104 valence electrons. The van der Waals surface area contributed by atoms with Crippen LogP contribution < -0.4 is 11.1 Å². The summed E-state index contributed by atoms with van der Waals surface area (Å²) in [6.45, 7) is 3.64. The van der Waals surface area contributed by atoms with Gasteiger partial charge in [0.1, 0.15) is 0 Å². The maximum atomic E-state index is 12.1. The van der Waals surface area contributed by atoms with Crippen LogP contribution in [0.5, 0.6) is 0 Å². The molecule has 2 aromatic rings. The zero-order valence-electron chi connectivity index (χ0n) is 10.9. The molecular formula is C13H12Cl2N4O. The van der Waals surface area contributed by atoms with Crippen LogP contribution in [-0.4, -0.2) is 15.9 Å². The minimum Gasteiger partial charge on any atom is -0.397 e. The van der Waals surface area contributed by atoms with Crippen LogP contribution in [0.25, 0.3) is 0 Å². The molecule has 0 unspecified atom stereocenters. The number of rotatable bonds is 2. The summed E-state index contributed by atoms with van der Waals surface area (Å²) in [6.07, 6.45) is 0. The predicted octanol–water partition coefficient (Wildman–Crippen LogP) is 3.23. The molecule has 7 heteroatoms. The number of nitrogens with one attached hydrogen (secondary N) is 1. The van der Waals surface area contributed by atoms with E-state index in [9.17, 15) is 4.79 Å². The van der Waals surface area contributed by atoms with Crippen molar-refractivity contribution in [3.63, 3.8) is 0 Å². The van der Waals surface area contributed by atoms with Crippen molar-refractivity contribution in [1.82, 2.24) is 9.97 Å². The molecule has 5 nitrogen and oxygen atoms in total. The molecule has 20 heavy (non-hydrogen) atoms. The number of nitrogens with two attached hydrogens (primary N) is 1. The van der Waals surface area contributed by atoms with Gasteiger partial charge in [-0.15, -0.1) is 0 Å². The van der Waals surface area contributed by atoms with Gasteiger partial charge in [-0.2, -0.15) is 0 Å². The number of amides is 1. The summed E-state index contributed by atoms with van der Waals surface area (Å²) in [5.74, 6) is -0.169. The fourth-order valence-corrected chi connectivity index (χ4v) is 2.03. The molecule has 1 aromatic heterocycles. The van der Waals surface area contributed by atoms with Gasteiger partial charge >= 0.3 is 0 Å². The Hall–Kier alpha value is -1.85. The van der Waals surface area contributed by atoms with E-state index in [2.05, 4.69) is 15.3 Å². The van der Waals surface area contributed by atoms with Gasteiger partial charge in [-0.1, -0.05) is 23.2 Å². The maximum Gasteiger partial charge on any atom is 0.258 e. The Balaban J connectivity index is 2.28. The van der Waals surface area contributed by atoms with E-state index in [-0.39, 0.29) is 21.7 Å². The number of benzene rings is 1. The summed E-state index contributed by atoms with van der Waals surface area (Å²) in [4.78, 5) is 20.4. The second-order valence-electron chi connectivity index (χ2n) is 4.29. The lowest BCUT2D eigenvalue weighted by atomic mass is 10.2. The first-order valence-corrected chi connectivity index (χ1v) is 6.50. The van der Waals surface area contributed by atoms with Crippen LogP contribution in [-0.2, 0) is 0 Å². The molecule has 0 aliphatic rings. The fraction of sp³-hybridized carbons (Fsp3) is 0.154. The lowest BCUT2D eigenvalue weighted by molar-refractivity contribution is 0.102. The van der Waals surface area contributed by atoms with Gasteiger partial charge in [-0.3, -0.25) is 10.1 Å². The first-order valence-electron chi connectivity index (χ1n) is 5.75. The minimum atomic E-state index is -0.403. The molecule has 0 saturated heterocycles. The first kappa shape index (κ1) is 14.6. The van der Waals surface area contributed by atoms with Gasteiger partial charge in [-0.05, 0) is 32.0 Å². The van der Waals surface area contributed by atoms with Crippen LogP contribution in [0.1, 0.15) is 21.7 Å². The molecule has 1 amide bonds. The quantitative estimate of drug-likeness (QED) is 0.834. The number of nitrogen functional groups attached to an aromatic ring is 1. The van der Waals surface area contributed by atoms with Crippen molar-refractivity contribution < 1.29 is 4.79 Å². The van der Waals surface area contributed by atoms with Crippen molar-refractivity contribution in [2.75, 3.05) is 11.1 Å². The SMILES string of the molecule is Cc1cc(C)nc(NC(=O)c2cc(N)c(Cl)c(Cl)c2)n1. The van der Waals surface area contributed by atoms with Crippen LogP contribution in [0.15, 0.2) is 18.2 Å². The molecule has 1 aromatic carbocycles. The van der Waals surface area contributed by atoms with Crippen LogP contribution >= 0.6 is 23.2 Å². The van der Waals surface area contributed by atoms with Crippen molar-refractivity contribution in [2.24, 2.45) is 0 Å². The van der Waals surface area contributed by atoms with Gasteiger partial charge in [0.05, 0.1) is 15.7 Å². The van der Waals surface area contributed by atoms with E-state index < -0.39 is 5.91 Å². The Morgan fingerprint density at radius 1 is 1.15 bits per heavy atom. The molecule has 0 aliphatic carbocycles. The maximum absolute atomic E-state index is 12.1. The van der Waals surface area contributed by atoms with Crippen LogP contribution in [0, 0.1) is 13.8 Å². The van der Waals surface area contributed by atoms with Crippen LogP contribution in [0.3, 0.4) is 0 Å². The third-order valence-electron chi connectivity index (χ3n) is 2.53. The monoisotopic (exact) mass is 310 g/mol. The number of aryl methyl sites for hydroxylation is 2. The number of aromatic nitrogens is 2. The number of hydrogen-bond donors (Lipinski definition) is 2. The van der Waals surface area contributed by atoms with Gasteiger partial charge in [0, 0.05) is 17.0 Å². The molecule has 3 N–H and O–H groups in total.